The van der Waals surface area contributed by atoms with E-state index in [0.717, 1.165) is 12.1 Å². The van der Waals surface area contributed by atoms with Crippen molar-refractivity contribution in [3.8, 4) is 0 Å². The minimum Gasteiger partial charge on any atom is -0.263 e. The molecule has 10 heteroatoms. The van der Waals surface area contributed by atoms with Gasteiger partial charge in [0.15, 0.2) is 4.90 Å². The van der Waals surface area contributed by atoms with Crippen LogP contribution in [0.25, 0.3) is 0 Å². The van der Waals surface area contributed by atoms with Gasteiger partial charge in [0, 0.05) is 10.5 Å². The summed E-state index contributed by atoms with van der Waals surface area (Å²) in [7, 11) is -4.17. The Hall–Kier alpha value is -1.71. The van der Waals surface area contributed by atoms with Crippen LogP contribution in [0.3, 0.4) is 0 Å². The Balaban J connectivity index is 2.49. The van der Waals surface area contributed by atoms with Crippen molar-refractivity contribution in [1.82, 2.24) is 4.98 Å². The standard InChI is InChI=1S/C11H7BrClN3O4S/c12-7-4-5-8(16(17)18)9(6-7)21(19,20)15-11-3-1-2-10(13)14-11/h1-6H,(H,14,15). The van der Waals surface area contributed by atoms with Gasteiger partial charge in [0.1, 0.15) is 11.0 Å². The van der Waals surface area contributed by atoms with Crippen LogP contribution in [-0.4, -0.2) is 18.3 Å². The van der Waals surface area contributed by atoms with Crippen molar-refractivity contribution in [3.05, 3.63) is 56.1 Å². The van der Waals surface area contributed by atoms with E-state index in [9.17, 15) is 18.5 Å². The van der Waals surface area contributed by atoms with E-state index >= 15 is 0 Å². The number of nitrogens with zero attached hydrogens (tertiary/aromatic N) is 2. The Morgan fingerprint density at radius 1 is 1.29 bits per heavy atom. The van der Waals surface area contributed by atoms with Crippen molar-refractivity contribution < 1.29 is 13.3 Å². The molecule has 0 atom stereocenters. The van der Waals surface area contributed by atoms with Gasteiger partial charge in [0.05, 0.1) is 4.92 Å². The van der Waals surface area contributed by atoms with Gasteiger partial charge in [-0.25, -0.2) is 13.4 Å². The van der Waals surface area contributed by atoms with Crippen molar-refractivity contribution in [2.24, 2.45) is 0 Å². The molecule has 0 fully saturated rings. The molecule has 0 saturated carbocycles. The number of sulfonamides is 1. The molecule has 0 aliphatic rings. The average molecular weight is 393 g/mol. The van der Waals surface area contributed by atoms with Crippen LogP contribution < -0.4 is 4.72 Å². The number of rotatable bonds is 4. The van der Waals surface area contributed by atoms with Crippen LogP contribution in [-0.2, 0) is 10.0 Å². The molecule has 0 aliphatic carbocycles. The van der Waals surface area contributed by atoms with Gasteiger partial charge in [-0.2, -0.15) is 0 Å². The number of nitro groups is 1. The van der Waals surface area contributed by atoms with E-state index in [-0.39, 0.29) is 11.0 Å². The first-order chi connectivity index (χ1) is 9.79. The highest BCUT2D eigenvalue weighted by Gasteiger charge is 2.26. The van der Waals surface area contributed by atoms with Crippen molar-refractivity contribution in [2.45, 2.75) is 4.90 Å². The number of benzene rings is 1. The molecule has 0 amide bonds. The molecule has 2 rings (SSSR count). The molecule has 2 aromatic rings. The lowest BCUT2D eigenvalue weighted by molar-refractivity contribution is -0.387. The molecule has 1 N–H and O–H groups in total. The highest BCUT2D eigenvalue weighted by molar-refractivity contribution is 9.10. The third kappa shape index (κ3) is 3.69. The molecule has 0 bridgehead atoms. The number of halogens is 2. The van der Waals surface area contributed by atoms with Crippen LogP contribution in [0.5, 0.6) is 0 Å². The maximum atomic E-state index is 12.3. The topological polar surface area (TPSA) is 102 Å². The van der Waals surface area contributed by atoms with Gasteiger partial charge in [-0.05, 0) is 24.3 Å². The van der Waals surface area contributed by atoms with Gasteiger partial charge in [-0.15, -0.1) is 0 Å². The Bertz CT molecular complexity index is 813. The zero-order valence-corrected chi connectivity index (χ0v) is 13.3. The largest absolute Gasteiger partial charge is 0.289 e. The van der Waals surface area contributed by atoms with Crippen LogP contribution in [0.4, 0.5) is 11.5 Å². The molecule has 7 nitrogen and oxygen atoms in total. The Labute approximate surface area is 133 Å². The van der Waals surface area contributed by atoms with Gasteiger partial charge in [0.25, 0.3) is 15.7 Å². The van der Waals surface area contributed by atoms with Crippen molar-refractivity contribution in [2.75, 3.05) is 4.72 Å². The third-order valence-electron chi connectivity index (χ3n) is 2.36. The summed E-state index contributed by atoms with van der Waals surface area (Å²) in [5.41, 5.74) is -0.535. The van der Waals surface area contributed by atoms with E-state index in [0.29, 0.717) is 4.47 Å². The molecule has 0 saturated heterocycles. The molecule has 1 aromatic heterocycles. The first-order valence-electron chi connectivity index (χ1n) is 5.39. The lowest BCUT2D eigenvalue weighted by Gasteiger charge is -2.08. The minimum atomic E-state index is -4.17. The fourth-order valence-corrected chi connectivity index (χ4v) is 3.39. The second-order valence-electron chi connectivity index (χ2n) is 3.82. The van der Waals surface area contributed by atoms with Gasteiger partial charge in [-0.1, -0.05) is 33.6 Å². The number of hydrogen-bond donors (Lipinski definition) is 1. The normalized spacial score (nSPS) is 11.1. The van der Waals surface area contributed by atoms with Crippen LogP contribution in [0.2, 0.25) is 5.15 Å². The second kappa shape index (κ2) is 5.96. The van der Waals surface area contributed by atoms with E-state index in [2.05, 4.69) is 25.6 Å². The number of pyridine rings is 1. The monoisotopic (exact) mass is 391 g/mol. The first-order valence-corrected chi connectivity index (χ1v) is 8.04. The van der Waals surface area contributed by atoms with E-state index in [4.69, 9.17) is 11.6 Å². The van der Waals surface area contributed by atoms with Crippen LogP contribution >= 0.6 is 27.5 Å². The Kier molecular flexibility index (Phi) is 4.45. The van der Waals surface area contributed by atoms with Gasteiger partial charge in [0.2, 0.25) is 0 Å². The SMILES string of the molecule is O=[N+]([O-])c1ccc(Br)cc1S(=O)(=O)Nc1cccc(Cl)n1. The van der Waals surface area contributed by atoms with Gasteiger partial charge < -0.3 is 0 Å². The van der Waals surface area contributed by atoms with Crippen molar-refractivity contribution in [3.63, 3.8) is 0 Å². The summed E-state index contributed by atoms with van der Waals surface area (Å²) in [5.74, 6) is -0.0308. The summed E-state index contributed by atoms with van der Waals surface area (Å²) in [4.78, 5) is 13.5. The van der Waals surface area contributed by atoms with Crippen molar-refractivity contribution in [1.29, 1.82) is 0 Å². The van der Waals surface area contributed by atoms with E-state index in [1.165, 1.54) is 24.3 Å². The lowest BCUT2D eigenvalue weighted by atomic mass is 10.3. The van der Waals surface area contributed by atoms with Crippen LogP contribution in [0.15, 0.2) is 45.8 Å². The maximum Gasteiger partial charge on any atom is 0.289 e. The van der Waals surface area contributed by atoms with Crippen LogP contribution in [0, 0.1) is 10.1 Å². The van der Waals surface area contributed by atoms with Gasteiger partial charge in [-0.3, -0.25) is 14.8 Å². The van der Waals surface area contributed by atoms with Crippen molar-refractivity contribution >= 4 is 49.1 Å². The summed E-state index contributed by atoms with van der Waals surface area (Å²) in [6, 6.07) is 7.99. The predicted octanol–water partition coefficient (Wildman–Crippen LogP) is 3.21. The zero-order valence-electron chi connectivity index (χ0n) is 10.2. The minimum absolute atomic E-state index is 0.0308. The summed E-state index contributed by atoms with van der Waals surface area (Å²) in [6.45, 7) is 0. The molecule has 0 aliphatic heterocycles. The fourth-order valence-electron chi connectivity index (χ4n) is 1.51. The maximum absolute atomic E-state index is 12.3. The van der Waals surface area contributed by atoms with Gasteiger partial charge >= 0.3 is 0 Å². The molecule has 0 radical (unpaired) electrons. The highest BCUT2D eigenvalue weighted by Crippen LogP contribution is 2.28. The summed E-state index contributed by atoms with van der Waals surface area (Å²) >= 11 is 8.75. The van der Waals surface area contributed by atoms with Crippen LogP contribution in [0.1, 0.15) is 0 Å². The van der Waals surface area contributed by atoms with E-state index < -0.39 is 25.5 Å². The zero-order chi connectivity index (χ0) is 15.6. The second-order valence-corrected chi connectivity index (χ2v) is 6.77. The third-order valence-corrected chi connectivity index (χ3v) is 4.45. The predicted molar refractivity (Wildman–Crippen MR) is 80.9 cm³/mol. The Morgan fingerprint density at radius 2 is 2.00 bits per heavy atom. The lowest BCUT2D eigenvalue weighted by Crippen LogP contribution is -2.15. The molecule has 1 aromatic carbocycles. The number of aromatic nitrogens is 1. The summed E-state index contributed by atoms with van der Waals surface area (Å²) in [5, 5.41) is 11.0. The number of nitro benzene ring substituents is 1. The highest BCUT2D eigenvalue weighted by atomic mass is 79.9. The molecule has 21 heavy (non-hydrogen) atoms. The summed E-state index contributed by atoms with van der Waals surface area (Å²) < 4.78 is 27.1. The molecule has 1 heterocycles. The number of hydrogen-bond acceptors (Lipinski definition) is 5. The molecule has 0 spiro atoms. The average Bonchev–Trinajstić information content (AvgIpc) is 2.37. The molecule has 110 valence electrons. The molecule has 0 unspecified atom stereocenters. The summed E-state index contributed by atoms with van der Waals surface area (Å²) in [6.07, 6.45) is 0. The smallest absolute Gasteiger partial charge is 0.263 e. The Morgan fingerprint density at radius 3 is 2.62 bits per heavy atom. The number of anilines is 1. The quantitative estimate of drug-likeness (QED) is 0.489. The van der Waals surface area contributed by atoms with E-state index in [1.807, 2.05) is 0 Å². The number of nitrogens with one attached hydrogen (secondary N) is 1. The van der Waals surface area contributed by atoms with E-state index in [1.54, 1.807) is 0 Å². The fraction of sp³-hybridized carbons (Fsp3) is 0. The first kappa shape index (κ1) is 15.7. The molecular weight excluding hydrogens is 386 g/mol. The molecular formula is C11H7BrClN3O4S.